The zero-order valence-corrected chi connectivity index (χ0v) is 12.1. The number of ether oxygens (including phenoxy) is 1. The number of fused-ring (bicyclic) bond motifs is 1. The third-order valence-electron chi connectivity index (χ3n) is 3.43. The van der Waals surface area contributed by atoms with E-state index < -0.39 is 0 Å². The Labute approximate surface area is 127 Å². The van der Waals surface area contributed by atoms with E-state index in [1.807, 2.05) is 25.1 Å². The van der Waals surface area contributed by atoms with Crippen molar-refractivity contribution >= 4 is 16.9 Å². The highest BCUT2D eigenvalue weighted by Gasteiger charge is 2.11. The fourth-order valence-electron chi connectivity index (χ4n) is 2.32. The molecule has 0 atom stereocenters. The largest absolute Gasteiger partial charge is 0.464 e. The molecule has 1 heterocycles. The number of hydrogen-bond acceptors (Lipinski definition) is 3. The predicted molar refractivity (Wildman–Crippen MR) is 80.9 cm³/mol. The number of benzene rings is 2. The van der Waals surface area contributed by atoms with Gasteiger partial charge in [-0.1, -0.05) is 24.3 Å². The van der Waals surface area contributed by atoms with Crippen LogP contribution < -0.4 is 0 Å². The van der Waals surface area contributed by atoms with Crippen LogP contribution in [0.3, 0.4) is 0 Å². The third-order valence-corrected chi connectivity index (χ3v) is 3.43. The quantitative estimate of drug-likeness (QED) is 0.679. The average Bonchev–Trinajstić information content (AvgIpc) is 2.87. The van der Waals surface area contributed by atoms with Gasteiger partial charge < -0.3 is 9.15 Å². The molecule has 0 fully saturated rings. The highest BCUT2D eigenvalue weighted by molar-refractivity contribution is 5.86. The number of carbonyl (C=O) groups is 1. The van der Waals surface area contributed by atoms with Gasteiger partial charge in [0, 0.05) is 10.9 Å². The van der Waals surface area contributed by atoms with Crippen molar-refractivity contribution in [3.63, 3.8) is 0 Å². The first-order valence-corrected chi connectivity index (χ1v) is 6.98. The Morgan fingerprint density at radius 2 is 2.09 bits per heavy atom. The van der Waals surface area contributed by atoms with E-state index in [0.29, 0.717) is 5.56 Å². The normalized spacial score (nSPS) is 10.8. The molecule has 4 heteroatoms. The number of rotatable bonds is 4. The third kappa shape index (κ3) is 3.17. The summed E-state index contributed by atoms with van der Waals surface area (Å²) in [6.45, 7) is 2.04. The summed E-state index contributed by atoms with van der Waals surface area (Å²) in [6.07, 6.45) is 1.71. The predicted octanol–water partition coefficient (Wildman–Crippen LogP) is 4.17. The summed E-state index contributed by atoms with van der Waals surface area (Å²) < 4.78 is 23.7. The molecule has 0 saturated heterocycles. The van der Waals surface area contributed by atoms with Crippen molar-refractivity contribution in [3.8, 4) is 0 Å². The molecule has 3 nitrogen and oxygen atoms in total. The monoisotopic (exact) mass is 298 g/mol. The molecule has 0 N–H and O–H groups in total. The van der Waals surface area contributed by atoms with Gasteiger partial charge in [-0.05, 0) is 36.2 Å². The van der Waals surface area contributed by atoms with Crippen molar-refractivity contribution in [2.75, 3.05) is 0 Å². The van der Waals surface area contributed by atoms with E-state index in [4.69, 9.17) is 9.15 Å². The van der Waals surface area contributed by atoms with Crippen LogP contribution in [0, 0.1) is 12.7 Å². The fraction of sp³-hybridized carbons (Fsp3) is 0.167. The van der Waals surface area contributed by atoms with E-state index in [9.17, 15) is 9.18 Å². The lowest BCUT2D eigenvalue weighted by atomic mass is 10.1. The average molecular weight is 298 g/mol. The summed E-state index contributed by atoms with van der Waals surface area (Å²) in [5, 5.41) is 0.910. The van der Waals surface area contributed by atoms with Crippen molar-refractivity contribution < 1.29 is 18.3 Å². The fourth-order valence-corrected chi connectivity index (χ4v) is 2.32. The van der Waals surface area contributed by atoms with Crippen molar-refractivity contribution in [2.24, 2.45) is 0 Å². The SMILES string of the molecule is Cc1ccc2c(CC(=O)OCc3cccc(F)c3)coc2c1. The van der Waals surface area contributed by atoms with Crippen molar-refractivity contribution in [2.45, 2.75) is 20.0 Å². The van der Waals surface area contributed by atoms with Gasteiger partial charge in [0.15, 0.2) is 0 Å². The summed E-state index contributed by atoms with van der Waals surface area (Å²) in [5.74, 6) is -0.711. The summed E-state index contributed by atoms with van der Waals surface area (Å²) in [6, 6.07) is 11.8. The van der Waals surface area contributed by atoms with Crippen molar-refractivity contribution in [3.05, 3.63) is 71.2 Å². The van der Waals surface area contributed by atoms with Crippen LogP contribution in [0.2, 0.25) is 0 Å². The lowest BCUT2D eigenvalue weighted by Crippen LogP contribution is -2.07. The molecule has 2 aromatic carbocycles. The van der Waals surface area contributed by atoms with Crippen LogP contribution in [-0.2, 0) is 22.6 Å². The minimum Gasteiger partial charge on any atom is -0.464 e. The number of halogens is 1. The summed E-state index contributed by atoms with van der Waals surface area (Å²) in [4.78, 5) is 11.9. The van der Waals surface area contributed by atoms with Crippen molar-refractivity contribution in [1.29, 1.82) is 0 Å². The smallest absolute Gasteiger partial charge is 0.310 e. The minimum absolute atomic E-state index is 0.0610. The van der Waals surface area contributed by atoms with Gasteiger partial charge in [-0.25, -0.2) is 4.39 Å². The topological polar surface area (TPSA) is 39.4 Å². The molecule has 0 saturated carbocycles. The van der Waals surface area contributed by atoms with Crippen LogP contribution in [0.25, 0.3) is 11.0 Å². The molecule has 3 rings (SSSR count). The zero-order chi connectivity index (χ0) is 15.5. The molecule has 0 aliphatic heterocycles. The van der Waals surface area contributed by atoms with Crippen molar-refractivity contribution in [1.82, 2.24) is 0 Å². The maximum atomic E-state index is 13.1. The van der Waals surface area contributed by atoms with Gasteiger partial charge >= 0.3 is 5.97 Å². The summed E-state index contributed by atoms with van der Waals surface area (Å²) in [5.41, 5.74) is 3.27. The maximum absolute atomic E-state index is 13.1. The molecule has 0 amide bonds. The lowest BCUT2D eigenvalue weighted by Gasteiger charge is -2.04. The van der Waals surface area contributed by atoms with Gasteiger partial charge in [0.25, 0.3) is 0 Å². The van der Waals surface area contributed by atoms with Gasteiger partial charge in [0.1, 0.15) is 18.0 Å². The molecule has 0 aliphatic carbocycles. The molecule has 0 spiro atoms. The number of hydrogen-bond donors (Lipinski definition) is 0. The molecule has 112 valence electrons. The Balaban J connectivity index is 1.66. The van der Waals surface area contributed by atoms with Crippen LogP contribution >= 0.6 is 0 Å². The summed E-state index contributed by atoms with van der Waals surface area (Å²) in [7, 11) is 0. The second-order valence-electron chi connectivity index (χ2n) is 5.23. The second kappa shape index (κ2) is 6.02. The van der Waals surface area contributed by atoms with Gasteiger partial charge in [0.05, 0.1) is 12.7 Å². The molecule has 3 aromatic rings. The standard InChI is InChI=1S/C18H15FO3/c1-12-5-6-16-14(11-21-17(16)7-12)9-18(20)22-10-13-3-2-4-15(19)8-13/h2-8,11H,9-10H2,1H3. The van der Waals surface area contributed by atoms with Gasteiger partial charge in [0.2, 0.25) is 0 Å². The first-order chi connectivity index (χ1) is 10.6. The first kappa shape index (κ1) is 14.3. The Hall–Kier alpha value is -2.62. The zero-order valence-electron chi connectivity index (χ0n) is 12.1. The second-order valence-corrected chi connectivity index (χ2v) is 5.23. The molecule has 0 aliphatic rings. The highest BCUT2D eigenvalue weighted by atomic mass is 19.1. The van der Waals surface area contributed by atoms with E-state index in [1.54, 1.807) is 18.4 Å². The van der Waals surface area contributed by atoms with E-state index >= 15 is 0 Å². The van der Waals surface area contributed by atoms with Crippen LogP contribution in [0.4, 0.5) is 4.39 Å². The van der Waals surface area contributed by atoms with Gasteiger partial charge in [-0.15, -0.1) is 0 Å². The van der Waals surface area contributed by atoms with E-state index in [0.717, 1.165) is 22.1 Å². The van der Waals surface area contributed by atoms with Gasteiger partial charge in [-0.3, -0.25) is 4.79 Å². The van der Waals surface area contributed by atoms with Crippen LogP contribution in [0.1, 0.15) is 16.7 Å². The molecular formula is C18H15FO3. The van der Waals surface area contributed by atoms with E-state index in [1.165, 1.54) is 12.1 Å². The van der Waals surface area contributed by atoms with E-state index in [2.05, 4.69) is 0 Å². The Morgan fingerprint density at radius 3 is 2.91 bits per heavy atom. The molecule has 22 heavy (non-hydrogen) atoms. The van der Waals surface area contributed by atoms with Crippen LogP contribution in [0.5, 0.6) is 0 Å². The maximum Gasteiger partial charge on any atom is 0.310 e. The highest BCUT2D eigenvalue weighted by Crippen LogP contribution is 2.23. The molecule has 0 bridgehead atoms. The Kier molecular flexibility index (Phi) is 3.92. The minimum atomic E-state index is -0.368. The molecule has 1 aromatic heterocycles. The van der Waals surface area contributed by atoms with Gasteiger partial charge in [-0.2, -0.15) is 0 Å². The Bertz CT molecular complexity index is 820. The Morgan fingerprint density at radius 1 is 1.23 bits per heavy atom. The van der Waals surface area contributed by atoms with Crippen LogP contribution in [0.15, 0.2) is 53.1 Å². The number of carbonyl (C=O) groups excluding carboxylic acids is 1. The number of esters is 1. The molecule has 0 radical (unpaired) electrons. The molecular weight excluding hydrogens is 283 g/mol. The molecule has 0 unspecified atom stereocenters. The lowest BCUT2D eigenvalue weighted by molar-refractivity contribution is -0.144. The van der Waals surface area contributed by atoms with E-state index in [-0.39, 0.29) is 24.8 Å². The first-order valence-electron chi connectivity index (χ1n) is 6.98. The number of furan rings is 1. The van der Waals surface area contributed by atoms with Crippen LogP contribution in [-0.4, -0.2) is 5.97 Å². The number of aryl methyl sites for hydroxylation is 1. The summed E-state index contributed by atoms with van der Waals surface area (Å²) >= 11 is 0.